The number of benzene rings is 1. The van der Waals surface area contributed by atoms with Crippen molar-refractivity contribution in [3.63, 3.8) is 0 Å². The van der Waals surface area contributed by atoms with Crippen molar-refractivity contribution in [3.05, 3.63) is 28.3 Å². The Labute approximate surface area is 104 Å². The van der Waals surface area contributed by atoms with Gasteiger partial charge in [-0.1, -0.05) is 6.92 Å². The van der Waals surface area contributed by atoms with Crippen molar-refractivity contribution >= 4 is 17.3 Å². The van der Waals surface area contributed by atoms with Gasteiger partial charge in [-0.25, -0.2) is 0 Å². The summed E-state index contributed by atoms with van der Waals surface area (Å²) in [5.74, 6) is -0.134. The van der Waals surface area contributed by atoms with Gasteiger partial charge in [-0.3, -0.25) is 14.9 Å². The number of rotatable bonds is 5. The van der Waals surface area contributed by atoms with Gasteiger partial charge in [0.25, 0.3) is 5.69 Å². The number of ether oxygens (including phenoxy) is 1. The Morgan fingerprint density at radius 2 is 2.28 bits per heavy atom. The van der Waals surface area contributed by atoms with E-state index >= 15 is 0 Å². The van der Waals surface area contributed by atoms with Gasteiger partial charge in [0.15, 0.2) is 0 Å². The highest BCUT2D eigenvalue weighted by Crippen LogP contribution is 2.28. The second-order valence-corrected chi connectivity index (χ2v) is 3.65. The molecule has 0 radical (unpaired) electrons. The molecule has 0 aliphatic rings. The number of hydrogen-bond donors (Lipinski definition) is 2. The van der Waals surface area contributed by atoms with Crippen LogP contribution in [0, 0.1) is 10.1 Å². The number of amides is 1. The van der Waals surface area contributed by atoms with Gasteiger partial charge in [0.1, 0.15) is 5.75 Å². The highest BCUT2D eigenvalue weighted by Gasteiger charge is 2.16. The van der Waals surface area contributed by atoms with E-state index in [1.54, 1.807) is 6.92 Å². The lowest BCUT2D eigenvalue weighted by molar-refractivity contribution is -0.384. The lowest BCUT2D eigenvalue weighted by Crippen LogP contribution is -2.34. The fraction of sp³-hybridized carbons (Fsp3) is 0.364. The van der Waals surface area contributed by atoms with Crippen LogP contribution >= 0.6 is 0 Å². The number of nitro benzene ring substituents is 1. The number of hydrogen-bond acceptors (Lipinski definition) is 5. The Hall–Kier alpha value is -2.15. The third kappa shape index (κ3) is 3.17. The molecule has 0 saturated heterocycles. The number of methoxy groups -OCH3 is 1. The number of nitro groups is 1. The van der Waals surface area contributed by atoms with Crippen LogP contribution in [0.3, 0.4) is 0 Å². The number of nitrogens with zero attached hydrogens (tertiary/aromatic N) is 1. The summed E-state index contributed by atoms with van der Waals surface area (Å²) in [4.78, 5) is 21.7. The van der Waals surface area contributed by atoms with Gasteiger partial charge in [-0.15, -0.1) is 0 Å². The largest absolute Gasteiger partial charge is 0.494 e. The highest BCUT2D eigenvalue weighted by atomic mass is 16.6. The van der Waals surface area contributed by atoms with Gasteiger partial charge in [-0.2, -0.15) is 0 Å². The highest BCUT2D eigenvalue weighted by molar-refractivity contribution is 5.96. The summed E-state index contributed by atoms with van der Waals surface area (Å²) in [5.41, 5.74) is 5.82. The molecule has 0 saturated carbocycles. The zero-order valence-electron chi connectivity index (χ0n) is 10.2. The molecule has 0 spiro atoms. The molecule has 18 heavy (non-hydrogen) atoms. The van der Waals surface area contributed by atoms with Crippen molar-refractivity contribution in [1.29, 1.82) is 0 Å². The minimum Gasteiger partial charge on any atom is -0.494 e. The summed E-state index contributed by atoms with van der Waals surface area (Å²) >= 11 is 0. The van der Waals surface area contributed by atoms with E-state index in [2.05, 4.69) is 5.32 Å². The van der Waals surface area contributed by atoms with E-state index in [1.165, 1.54) is 25.3 Å². The Balaban J connectivity index is 2.96. The molecule has 0 heterocycles. The van der Waals surface area contributed by atoms with Crippen molar-refractivity contribution in [2.75, 3.05) is 12.4 Å². The first kappa shape index (κ1) is 13.9. The van der Waals surface area contributed by atoms with Gasteiger partial charge >= 0.3 is 0 Å². The maximum atomic E-state index is 11.6. The standard InChI is InChI=1S/C11H15N3O4/c1-3-8(12)11(15)13-9-5-4-7(14(16)17)6-10(9)18-2/h4-6,8H,3,12H2,1-2H3,(H,13,15). The number of non-ortho nitro benzene ring substituents is 1. The molecule has 98 valence electrons. The van der Waals surface area contributed by atoms with Crippen molar-refractivity contribution in [3.8, 4) is 5.75 Å². The van der Waals surface area contributed by atoms with Crippen LogP contribution in [0.4, 0.5) is 11.4 Å². The summed E-state index contributed by atoms with van der Waals surface area (Å²) in [5, 5.41) is 13.2. The van der Waals surface area contributed by atoms with Crippen LogP contribution in [0.15, 0.2) is 18.2 Å². The molecular formula is C11H15N3O4. The van der Waals surface area contributed by atoms with Crippen LogP contribution in [0.2, 0.25) is 0 Å². The smallest absolute Gasteiger partial charge is 0.273 e. The van der Waals surface area contributed by atoms with Crippen molar-refractivity contribution in [1.82, 2.24) is 0 Å². The van der Waals surface area contributed by atoms with Crippen LogP contribution in [0.25, 0.3) is 0 Å². The average Bonchev–Trinajstić information content (AvgIpc) is 2.37. The van der Waals surface area contributed by atoms with Crippen LogP contribution < -0.4 is 15.8 Å². The van der Waals surface area contributed by atoms with Gasteiger partial charge in [0, 0.05) is 6.07 Å². The molecule has 1 unspecified atom stereocenters. The van der Waals surface area contributed by atoms with Crippen molar-refractivity contribution < 1.29 is 14.5 Å². The van der Waals surface area contributed by atoms with Gasteiger partial charge in [0.05, 0.1) is 29.8 Å². The van der Waals surface area contributed by atoms with E-state index in [-0.39, 0.29) is 17.3 Å². The molecule has 0 aromatic heterocycles. The monoisotopic (exact) mass is 253 g/mol. The number of anilines is 1. The van der Waals surface area contributed by atoms with Crippen LogP contribution in [-0.4, -0.2) is 24.0 Å². The third-order valence-corrected chi connectivity index (χ3v) is 2.43. The average molecular weight is 253 g/mol. The maximum absolute atomic E-state index is 11.6. The van der Waals surface area contributed by atoms with E-state index < -0.39 is 11.0 Å². The first-order chi connectivity index (χ1) is 8.49. The predicted molar refractivity (Wildman–Crippen MR) is 66.5 cm³/mol. The molecule has 0 aliphatic heterocycles. The molecular weight excluding hydrogens is 238 g/mol. The zero-order valence-corrected chi connectivity index (χ0v) is 10.2. The second kappa shape index (κ2) is 5.97. The van der Waals surface area contributed by atoms with E-state index in [1.807, 2.05) is 0 Å². The quantitative estimate of drug-likeness (QED) is 0.607. The summed E-state index contributed by atoms with van der Waals surface area (Å²) in [6.45, 7) is 1.79. The summed E-state index contributed by atoms with van der Waals surface area (Å²) in [6.07, 6.45) is 0.501. The molecule has 1 rings (SSSR count). The number of carbonyl (C=O) groups is 1. The lowest BCUT2D eigenvalue weighted by atomic mass is 10.2. The minimum absolute atomic E-state index is 0.107. The second-order valence-electron chi connectivity index (χ2n) is 3.65. The fourth-order valence-electron chi connectivity index (χ4n) is 1.31. The van der Waals surface area contributed by atoms with Crippen LogP contribution in [-0.2, 0) is 4.79 Å². The van der Waals surface area contributed by atoms with E-state index in [0.29, 0.717) is 12.1 Å². The van der Waals surface area contributed by atoms with Crippen molar-refractivity contribution in [2.24, 2.45) is 5.73 Å². The summed E-state index contributed by atoms with van der Waals surface area (Å²) < 4.78 is 4.99. The molecule has 1 aromatic rings. The molecule has 7 heteroatoms. The first-order valence-electron chi connectivity index (χ1n) is 5.38. The Morgan fingerprint density at radius 1 is 1.61 bits per heavy atom. The normalized spacial score (nSPS) is 11.7. The van der Waals surface area contributed by atoms with Crippen LogP contribution in [0.1, 0.15) is 13.3 Å². The lowest BCUT2D eigenvalue weighted by Gasteiger charge is -2.12. The molecule has 1 atom stereocenters. The third-order valence-electron chi connectivity index (χ3n) is 2.43. The summed E-state index contributed by atoms with van der Waals surface area (Å²) in [6, 6.07) is 3.32. The molecule has 7 nitrogen and oxygen atoms in total. The number of carbonyl (C=O) groups excluding carboxylic acids is 1. The SMILES string of the molecule is CCC(N)C(=O)Nc1ccc([N+](=O)[O-])cc1OC. The Morgan fingerprint density at radius 3 is 2.78 bits per heavy atom. The van der Waals surface area contributed by atoms with Gasteiger partial charge in [0.2, 0.25) is 5.91 Å². The molecule has 0 bridgehead atoms. The minimum atomic E-state index is -0.620. The maximum Gasteiger partial charge on any atom is 0.273 e. The molecule has 0 aliphatic carbocycles. The van der Waals surface area contributed by atoms with E-state index in [4.69, 9.17) is 10.5 Å². The van der Waals surface area contributed by atoms with E-state index in [9.17, 15) is 14.9 Å². The summed E-state index contributed by atoms with van der Waals surface area (Å²) in [7, 11) is 1.37. The fourth-order valence-corrected chi connectivity index (χ4v) is 1.31. The Kier molecular flexibility index (Phi) is 4.61. The van der Waals surface area contributed by atoms with Gasteiger partial charge < -0.3 is 15.8 Å². The van der Waals surface area contributed by atoms with Crippen molar-refractivity contribution in [2.45, 2.75) is 19.4 Å². The number of nitrogens with one attached hydrogen (secondary N) is 1. The molecule has 0 fully saturated rings. The Bertz CT molecular complexity index is 462. The van der Waals surface area contributed by atoms with Gasteiger partial charge in [-0.05, 0) is 12.5 Å². The zero-order chi connectivity index (χ0) is 13.7. The molecule has 1 aromatic carbocycles. The molecule has 3 N–H and O–H groups in total. The van der Waals surface area contributed by atoms with E-state index in [0.717, 1.165) is 0 Å². The predicted octanol–water partition coefficient (Wildman–Crippen LogP) is 1.28. The first-order valence-corrected chi connectivity index (χ1v) is 5.38. The molecule has 1 amide bonds. The van der Waals surface area contributed by atoms with Crippen LogP contribution in [0.5, 0.6) is 5.75 Å². The topological polar surface area (TPSA) is 107 Å². The number of nitrogens with two attached hydrogens (primary N) is 1.